The number of anilines is 1. The summed E-state index contributed by atoms with van der Waals surface area (Å²) in [4.78, 5) is 0. The van der Waals surface area contributed by atoms with E-state index in [2.05, 4.69) is 25.2 Å². The van der Waals surface area contributed by atoms with Gasteiger partial charge in [-0.3, -0.25) is 0 Å². The van der Waals surface area contributed by atoms with Crippen molar-refractivity contribution in [1.82, 2.24) is 5.32 Å². The van der Waals surface area contributed by atoms with Crippen molar-refractivity contribution in [3.8, 4) is 0 Å². The lowest BCUT2D eigenvalue weighted by Gasteiger charge is -2.16. The van der Waals surface area contributed by atoms with E-state index in [1.807, 2.05) is 18.2 Å². The predicted octanol–water partition coefficient (Wildman–Crippen LogP) is 3.33. The molecule has 0 radical (unpaired) electrons. The molecule has 2 heteroatoms. The summed E-state index contributed by atoms with van der Waals surface area (Å²) in [5.41, 5.74) is 7.87. The first-order chi connectivity index (χ1) is 7.76. The Balaban J connectivity index is 2.37. The summed E-state index contributed by atoms with van der Waals surface area (Å²) >= 11 is 0. The van der Waals surface area contributed by atoms with Gasteiger partial charge in [0.2, 0.25) is 0 Å². The summed E-state index contributed by atoms with van der Waals surface area (Å²) in [5, 5.41) is 3.59. The van der Waals surface area contributed by atoms with Gasteiger partial charge in [-0.15, -0.1) is 0 Å². The van der Waals surface area contributed by atoms with Crippen molar-refractivity contribution in [2.24, 2.45) is 0 Å². The summed E-state index contributed by atoms with van der Waals surface area (Å²) in [6.07, 6.45) is 5.05. The van der Waals surface area contributed by atoms with E-state index >= 15 is 0 Å². The molecule has 0 aliphatic carbocycles. The number of hydrogen-bond donors (Lipinski definition) is 2. The molecule has 0 amide bonds. The molecule has 16 heavy (non-hydrogen) atoms. The highest BCUT2D eigenvalue weighted by Gasteiger charge is 2.04. The van der Waals surface area contributed by atoms with Crippen molar-refractivity contribution in [2.75, 3.05) is 5.73 Å². The van der Waals surface area contributed by atoms with Gasteiger partial charge in [-0.05, 0) is 30.5 Å². The largest absolute Gasteiger partial charge is 0.399 e. The molecule has 1 rings (SSSR count). The number of benzene rings is 1. The van der Waals surface area contributed by atoms with Crippen LogP contribution < -0.4 is 11.1 Å². The Morgan fingerprint density at radius 1 is 1.31 bits per heavy atom. The van der Waals surface area contributed by atoms with Crippen molar-refractivity contribution in [1.29, 1.82) is 0 Å². The SMILES string of the molecule is CCCCC(CC)NCc1cccc(N)c1. The number of unbranched alkanes of at least 4 members (excludes halogenated alkanes) is 1. The summed E-state index contributed by atoms with van der Waals surface area (Å²) < 4.78 is 0. The van der Waals surface area contributed by atoms with Crippen LogP contribution in [-0.2, 0) is 6.54 Å². The van der Waals surface area contributed by atoms with Crippen LogP contribution in [0, 0.1) is 0 Å². The molecule has 1 unspecified atom stereocenters. The zero-order valence-corrected chi connectivity index (χ0v) is 10.5. The molecule has 0 bridgehead atoms. The normalized spacial score (nSPS) is 12.6. The summed E-state index contributed by atoms with van der Waals surface area (Å²) in [6.45, 7) is 5.41. The Morgan fingerprint density at radius 3 is 2.75 bits per heavy atom. The van der Waals surface area contributed by atoms with Crippen LogP contribution >= 0.6 is 0 Å². The van der Waals surface area contributed by atoms with E-state index in [1.54, 1.807) is 0 Å². The lowest BCUT2D eigenvalue weighted by atomic mass is 10.1. The minimum absolute atomic E-state index is 0.640. The van der Waals surface area contributed by atoms with Crippen LogP contribution in [0.1, 0.15) is 45.1 Å². The molecule has 3 N–H and O–H groups in total. The zero-order chi connectivity index (χ0) is 11.8. The third-order valence-electron chi connectivity index (χ3n) is 2.94. The number of nitrogen functional groups attached to an aromatic ring is 1. The van der Waals surface area contributed by atoms with Gasteiger partial charge < -0.3 is 11.1 Å². The van der Waals surface area contributed by atoms with Gasteiger partial charge in [0.05, 0.1) is 0 Å². The van der Waals surface area contributed by atoms with E-state index in [9.17, 15) is 0 Å². The number of nitrogens with one attached hydrogen (secondary N) is 1. The third kappa shape index (κ3) is 4.67. The zero-order valence-electron chi connectivity index (χ0n) is 10.5. The molecule has 1 aromatic rings. The molecule has 0 aromatic heterocycles. The third-order valence-corrected chi connectivity index (χ3v) is 2.94. The average Bonchev–Trinajstić information content (AvgIpc) is 2.29. The van der Waals surface area contributed by atoms with E-state index < -0.39 is 0 Å². The molecule has 2 nitrogen and oxygen atoms in total. The number of nitrogens with two attached hydrogens (primary N) is 1. The van der Waals surface area contributed by atoms with E-state index in [1.165, 1.54) is 31.2 Å². The van der Waals surface area contributed by atoms with Gasteiger partial charge >= 0.3 is 0 Å². The molecule has 0 spiro atoms. The Kier molecular flexibility index (Phi) is 5.94. The van der Waals surface area contributed by atoms with Crippen LogP contribution in [0.2, 0.25) is 0 Å². The fraction of sp³-hybridized carbons (Fsp3) is 0.571. The molecule has 90 valence electrons. The Labute approximate surface area is 99.2 Å². The highest BCUT2D eigenvalue weighted by molar-refractivity contribution is 5.40. The van der Waals surface area contributed by atoms with Gasteiger partial charge in [-0.25, -0.2) is 0 Å². The van der Waals surface area contributed by atoms with Crippen LogP contribution in [-0.4, -0.2) is 6.04 Å². The molecule has 0 saturated heterocycles. The monoisotopic (exact) mass is 220 g/mol. The second-order valence-corrected chi connectivity index (χ2v) is 4.37. The van der Waals surface area contributed by atoms with E-state index in [4.69, 9.17) is 5.73 Å². The highest BCUT2D eigenvalue weighted by Crippen LogP contribution is 2.09. The van der Waals surface area contributed by atoms with Crippen LogP contribution in [0.25, 0.3) is 0 Å². The van der Waals surface area contributed by atoms with Crippen molar-refractivity contribution in [3.05, 3.63) is 29.8 Å². The Bertz CT molecular complexity index is 297. The molecular formula is C14H24N2. The van der Waals surface area contributed by atoms with E-state index in [0.29, 0.717) is 6.04 Å². The molecule has 0 fully saturated rings. The van der Waals surface area contributed by atoms with Crippen molar-refractivity contribution in [2.45, 2.75) is 52.1 Å². The first-order valence-corrected chi connectivity index (χ1v) is 6.34. The van der Waals surface area contributed by atoms with Gasteiger partial charge in [0.1, 0.15) is 0 Å². The second kappa shape index (κ2) is 7.29. The molecule has 0 heterocycles. The van der Waals surface area contributed by atoms with Crippen LogP contribution in [0.15, 0.2) is 24.3 Å². The summed E-state index contributed by atoms with van der Waals surface area (Å²) in [5.74, 6) is 0. The maximum absolute atomic E-state index is 5.75. The quantitative estimate of drug-likeness (QED) is 0.692. The molecule has 0 saturated carbocycles. The number of hydrogen-bond acceptors (Lipinski definition) is 2. The molecule has 0 aliphatic rings. The minimum atomic E-state index is 0.640. The number of rotatable bonds is 7. The molecule has 1 aromatic carbocycles. The maximum atomic E-state index is 5.75. The first-order valence-electron chi connectivity index (χ1n) is 6.34. The lowest BCUT2D eigenvalue weighted by Crippen LogP contribution is -2.27. The van der Waals surface area contributed by atoms with Crippen LogP contribution in [0.4, 0.5) is 5.69 Å². The first kappa shape index (κ1) is 13.0. The van der Waals surface area contributed by atoms with Gasteiger partial charge in [-0.1, -0.05) is 38.8 Å². The fourth-order valence-corrected chi connectivity index (χ4v) is 1.87. The lowest BCUT2D eigenvalue weighted by molar-refractivity contribution is 0.452. The van der Waals surface area contributed by atoms with Crippen molar-refractivity contribution < 1.29 is 0 Å². The fourth-order valence-electron chi connectivity index (χ4n) is 1.87. The van der Waals surface area contributed by atoms with E-state index in [-0.39, 0.29) is 0 Å². The maximum Gasteiger partial charge on any atom is 0.0317 e. The van der Waals surface area contributed by atoms with Crippen LogP contribution in [0.5, 0.6) is 0 Å². The highest BCUT2D eigenvalue weighted by atomic mass is 14.9. The average molecular weight is 220 g/mol. The Hall–Kier alpha value is -1.02. The van der Waals surface area contributed by atoms with Gasteiger partial charge in [0.15, 0.2) is 0 Å². The topological polar surface area (TPSA) is 38.0 Å². The van der Waals surface area contributed by atoms with E-state index in [0.717, 1.165) is 12.2 Å². The van der Waals surface area contributed by atoms with Crippen LogP contribution in [0.3, 0.4) is 0 Å². The Morgan fingerprint density at radius 2 is 2.12 bits per heavy atom. The molecular weight excluding hydrogens is 196 g/mol. The predicted molar refractivity (Wildman–Crippen MR) is 71.3 cm³/mol. The minimum Gasteiger partial charge on any atom is -0.399 e. The van der Waals surface area contributed by atoms with Gasteiger partial charge in [0, 0.05) is 18.3 Å². The van der Waals surface area contributed by atoms with Crippen molar-refractivity contribution in [3.63, 3.8) is 0 Å². The summed E-state index contributed by atoms with van der Waals surface area (Å²) in [6, 6.07) is 8.74. The van der Waals surface area contributed by atoms with Crippen molar-refractivity contribution >= 4 is 5.69 Å². The second-order valence-electron chi connectivity index (χ2n) is 4.37. The molecule has 1 atom stereocenters. The van der Waals surface area contributed by atoms with Gasteiger partial charge in [0.25, 0.3) is 0 Å². The van der Waals surface area contributed by atoms with Gasteiger partial charge in [-0.2, -0.15) is 0 Å². The molecule has 0 aliphatic heterocycles. The summed E-state index contributed by atoms with van der Waals surface area (Å²) in [7, 11) is 0. The standard InChI is InChI=1S/C14H24N2/c1-3-5-9-14(4-2)16-11-12-7-6-8-13(15)10-12/h6-8,10,14,16H,3-5,9,11,15H2,1-2H3. The smallest absolute Gasteiger partial charge is 0.0317 e.